The lowest BCUT2D eigenvalue weighted by Gasteiger charge is -2.07. The van der Waals surface area contributed by atoms with Crippen molar-refractivity contribution in [3.63, 3.8) is 0 Å². The van der Waals surface area contributed by atoms with E-state index in [0.717, 1.165) is 55.0 Å². The molecule has 8 nitrogen and oxygen atoms in total. The summed E-state index contributed by atoms with van der Waals surface area (Å²) in [7, 11) is -1.00. The number of hydrogen-bond acceptors (Lipinski definition) is 6. The third-order valence-corrected chi connectivity index (χ3v) is 7.01. The Labute approximate surface area is 282 Å². The smallest absolute Gasteiger partial charge is 0.228 e. The summed E-state index contributed by atoms with van der Waals surface area (Å²) >= 11 is 2.04. The molecule has 8 aromatic rings. The van der Waals surface area contributed by atoms with Crippen LogP contribution in [-0.4, -0.2) is 53.7 Å². The van der Waals surface area contributed by atoms with Crippen LogP contribution in [0, 0.1) is 0 Å². The Kier molecular flexibility index (Phi) is 8.91. The third-order valence-electron chi connectivity index (χ3n) is 7.01. The van der Waals surface area contributed by atoms with E-state index in [-0.39, 0.29) is 11.5 Å². The molecule has 2 aromatic carbocycles. The van der Waals surface area contributed by atoms with E-state index in [1.807, 2.05) is 86.1 Å². The standard InChI is InChI=1S/C17H12FN3O.C16H11N3O.CH2BrF.CH3F/c18-11-22-15-2-1-13-8-17(20-9-14(13)7-15)21-6-4-12-3-5-19-10-16(12)21;20-14-2-1-12-8-16(18-9-13(12)7-14)19-6-4-11-3-5-17-10-15(11)19;2-1-3;1-2/h1-10H,11H2;1-10,20H;1H2;1H3/i11D2,18-1;;1D2,3-1;1D. The Morgan fingerprint density at radius 2 is 1.23 bits per heavy atom. The highest BCUT2D eigenvalue weighted by Gasteiger charge is 2.07. The molecule has 0 aliphatic rings. The van der Waals surface area contributed by atoms with Crippen LogP contribution in [0.3, 0.4) is 0 Å². The van der Waals surface area contributed by atoms with Crippen LogP contribution in [-0.2, 0) is 0 Å². The van der Waals surface area contributed by atoms with Crippen LogP contribution < -0.4 is 4.74 Å². The topological polar surface area (TPSA) is 90.9 Å². The van der Waals surface area contributed by atoms with Crippen LogP contribution >= 0.6 is 15.9 Å². The van der Waals surface area contributed by atoms with Gasteiger partial charge in [-0.3, -0.25) is 23.5 Å². The van der Waals surface area contributed by atoms with Gasteiger partial charge < -0.3 is 9.84 Å². The number of ether oxygens (including phenoxy) is 1. The lowest BCUT2D eigenvalue weighted by atomic mass is 10.1. The van der Waals surface area contributed by atoms with Crippen LogP contribution in [0.4, 0.5) is 13.2 Å². The summed E-state index contributed by atoms with van der Waals surface area (Å²) in [5.41, 5.74) is -0.708. The van der Waals surface area contributed by atoms with Gasteiger partial charge in [0, 0.05) is 58.7 Å². The van der Waals surface area contributed by atoms with Gasteiger partial charge in [-0.25, -0.2) is 18.7 Å². The second-order valence-corrected chi connectivity index (χ2v) is 9.92. The molecule has 0 fully saturated rings. The van der Waals surface area contributed by atoms with Crippen molar-refractivity contribution in [3.05, 3.63) is 122 Å². The van der Waals surface area contributed by atoms with Gasteiger partial charge in [0.1, 0.15) is 31.4 Å². The summed E-state index contributed by atoms with van der Waals surface area (Å²) in [5, 5.41) is 15.3. The van der Waals surface area contributed by atoms with E-state index < -0.39 is 19.5 Å². The van der Waals surface area contributed by atoms with Crippen molar-refractivity contribution >= 4 is 59.3 Å². The molecule has 0 bridgehead atoms. The summed E-state index contributed by atoms with van der Waals surface area (Å²) in [6, 6.07) is 21.9. The third kappa shape index (κ3) is 7.50. The molecule has 6 aromatic heterocycles. The molecule has 0 unspecified atom stereocenters. The minimum atomic E-state index is -3.21. The molecule has 47 heavy (non-hydrogen) atoms. The molecule has 1 N–H and O–H groups in total. The van der Waals surface area contributed by atoms with E-state index in [2.05, 4.69) is 24.7 Å². The second-order valence-electron chi connectivity index (χ2n) is 9.62. The zero-order valence-corrected chi connectivity index (χ0v) is 25.9. The largest absolute Gasteiger partial charge is 0.508 e. The molecular weight excluding hydrogens is 671 g/mol. The van der Waals surface area contributed by atoms with Crippen LogP contribution in [0.15, 0.2) is 122 Å². The Morgan fingerprint density at radius 3 is 1.77 bits per heavy atom. The molecule has 0 amide bonds. The zero-order valence-electron chi connectivity index (χ0n) is 29.3. The van der Waals surface area contributed by atoms with Gasteiger partial charge in [-0.15, -0.1) is 0 Å². The fourth-order valence-corrected chi connectivity index (χ4v) is 4.95. The van der Waals surface area contributed by atoms with Crippen molar-refractivity contribution < 1.29 is 29.9 Å². The van der Waals surface area contributed by atoms with E-state index in [1.165, 1.54) is 6.07 Å². The molecular formula is C35H28BrF3N6O2. The van der Waals surface area contributed by atoms with Crippen molar-refractivity contribution in [2.75, 3.05) is 19.5 Å². The summed E-state index contributed by atoms with van der Waals surface area (Å²) in [6.45, 7) is -3.21. The molecule has 0 aliphatic heterocycles. The first kappa shape index (κ1) is 26.7. The Hall–Kier alpha value is -5.49. The van der Waals surface area contributed by atoms with Gasteiger partial charge in [-0.2, -0.15) is 0 Å². The van der Waals surface area contributed by atoms with Gasteiger partial charge in [0.2, 0.25) is 6.81 Å². The number of nitrogens with zero attached hydrogens (tertiary/aromatic N) is 6. The predicted molar refractivity (Wildman–Crippen MR) is 183 cm³/mol. The van der Waals surface area contributed by atoms with E-state index >= 15 is 0 Å². The van der Waals surface area contributed by atoms with Crippen LogP contribution in [0.25, 0.3) is 55.0 Å². The van der Waals surface area contributed by atoms with E-state index in [0.29, 0.717) is 0 Å². The number of aromatic hydroxyl groups is 1. The Balaban J connectivity index is 0.000000169. The molecule has 0 radical (unpaired) electrons. The van der Waals surface area contributed by atoms with Crippen LogP contribution in [0.2, 0.25) is 0 Å². The molecule has 0 saturated heterocycles. The normalized spacial score (nSPS) is 12.6. The van der Waals surface area contributed by atoms with Crippen molar-refractivity contribution in [2.24, 2.45) is 0 Å². The highest BCUT2D eigenvalue weighted by Crippen LogP contribution is 2.25. The van der Waals surface area contributed by atoms with Gasteiger partial charge in [0.25, 0.3) is 0 Å². The van der Waals surface area contributed by atoms with Crippen LogP contribution in [0.5, 0.6) is 11.5 Å². The summed E-state index contributed by atoms with van der Waals surface area (Å²) in [6.07, 6.45) is 14.5. The van der Waals surface area contributed by atoms with E-state index in [9.17, 15) is 18.3 Å². The Bertz CT molecular complexity index is 2430. The predicted octanol–water partition coefficient (Wildman–Crippen LogP) is 9.05. The molecule has 0 saturated carbocycles. The number of benzene rings is 2. The lowest BCUT2D eigenvalue weighted by molar-refractivity contribution is 0.192. The Morgan fingerprint density at radius 1 is 0.723 bits per heavy atom. The van der Waals surface area contributed by atoms with Crippen LogP contribution in [0.1, 0.15) is 6.85 Å². The van der Waals surface area contributed by atoms with Gasteiger partial charge in [0.15, 0.2) is 0 Å². The SMILES string of the molecule is Oc1ccc2cc(-n3ccc4ccncc43)ncc2c1.[2H]C([2H])([18F])Br.[2H]C([2H])([18F])Oc1ccc2cc(-n3ccc4ccncc43)ncc2c1.[2H]CF. The number of fused-ring (bicyclic) bond motifs is 4. The number of alkyl halides is 4. The number of rotatable bonds is 4. The van der Waals surface area contributed by atoms with Gasteiger partial charge >= 0.3 is 0 Å². The first-order chi connectivity index (χ1) is 24.7. The van der Waals surface area contributed by atoms with Gasteiger partial charge in [0.05, 0.1) is 34.7 Å². The number of phenolic OH excluding ortho intramolecular Hbond substituents is 1. The fraction of sp³-hybridized carbons (Fsp3) is 0.0857. The van der Waals surface area contributed by atoms with Crippen molar-refractivity contribution in [3.8, 4) is 23.1 Å². The molecule has 0 aliphatic carbocycles. The first-order valence-corrected chi connectivity index (χ1v) is 14.4. The lowest BCUT2D eigenvalue weighted by Crippen LogP contribution is -1.96. The summed E-state index contributed by atoms with van der Waals surface area (Å²) < 4.78 is 73.3. The van der Waals surface area contributed by atoms with Gasteiger partial charge in [-0.1, -0.05) is 28.1 Å². The minimum absolute atomic E-state index is 0.111. The molecule has 0 spiro atoms. The maximum absolute atomic E-state index is 13.0. The maximum Gasteiger partial charge on any atom is 0.228 e. The van der Waals surface area contributed by atoms with Crippen molar-refractivity contribution in [1.29, 1.82) is 0 Å². The molecule has 12 heteroatoms. The van der Waals surface area contributed by atoms with E-state index in [1.54, 1.807) is 55.2 Å². The summed E-state index contributed by atoms with van der Waals surface area (Å²) in [4.78, 5) is 17.2. The number of hydrogen-bond donors (Lipinski definition) is 1. The average molecular weight is 705 g/mol. The fourth-order valence-electron chi connectivity index (χ4n) is 4.95. The average Bonchev–Trinajstić information content (AvgIpc) is 3.72. The van der Waals surface area contributed by atoms with Crippen molar-refractivity contribution in [2.45, 2.75) is 0 Å². The number of aromatic nitrogens is 6. The first-order valence-electron chi connectivity index (χ1n) is 16.4. The van der Waals surface area contributed by atoms with Crippen molar-refractivity contribution in [1.82, 2.24) is 29.1 Å². The zero-order chi connectivity index (χ0) is 37.5. The number of pyridine rings is 4. The molecule has 6 heterocycles. The minimum Gasteiger partial charge on any atom is -0.508 e. The second kappa shape index (κ2) is 15.7. The number of phenols is 1. The monoisotopic (exact) mass is 703 g/mol. The highest BCUT2D eigenvalue weighted by atomic mass is 79.9. The van der Waals surface area contributed by atoms with E-state index in [4.69, 9.17) is 6.85 Å². The number of halogens is 4. The maximum atomic E-state index is 13.0. The van der Waals surface area contributed by atoms with Gasteiger partial charge in [-0.05, 0) is 71.4 Å². The summed E-state index contributed by atoms with van der Waals surface area (Å²) in [5.74, 6) is 1.94. The molecule has 0 atom stereocenters. The molecule has 238 valence electrons. The molecule has 8 rings (SSSR count). The highest BCUT2D eigenvalue weighted by molar-refractivity contribution is 9.09. The quantitative estimate of drug-likeness (QED) is 0.184.